The van der Waals surface area contributed by atoms with Gasteiger partial charge in [-0.2, -0.15) is 0 Å². The van der Waals surface area contributed by atoms with Crippen LogP contribution in [0.2, 0.25) is 10.0 Å². The average molecular weight is 477 g/mol. The maximum Gasteiger partial charge on any atom is 0.141 e. The number of halogens is 4. The van der Waals surface area contributed by atoms with Crippen LogP contribution in [0.4, 0.5) is 0 Å². The lowest BCUT2D eigenvalue weighted by molar-refractivity contribution is 0.137. The Morgan fingerprint density at radius 2 is 1.72 bits per heavy atom. The summed E-state index contributed by atoms with van der Waals surface area (Å²) < 4.78 is 11.5. The first-order valence-corrected chi connectivity index (χ1v) is 10.4. The first-order valence-electron chi connectivity index (χ1n) is 8.93. The van der Waals surface area contributed by atoms with Gasteiger partial charge in [-0.25, -0.2) is 0 Å². The summed E-state index contributed by atoms with van der Waals surface area (Å²) >= 11 is 23.2. The van der Waals surface area contributed by atoms with Crippen LogP contribution in [-0.2, 0) is 4.84 Å². The third-order valence-corrected chi connectivity index (χ3v) is 4.55. The van der Waals surface area contributed by atoms with Gasteiger partial charge in [0.2, 0.25) is 0 Å². The van der Waals surface area contributed by atoms with Crippen LogP contribution >= 0.6 is 46.4 Å². The number of benzene rings is 2. The predicted molar refractivity (Wildman–Crippen MR) is 121 cm³/mol. The van der Waals surface area contributed by atoms with E-state index in [2.05, 4.69) is 5.16 Å². The number of nitrogens with zero attached hydrogens (tertiary/aromatic N) is 1. The lowest BCUT2D eigenvalue weighted by Gasteiger charge is -2.13. The molecule has 0 atom stereocenters. The van der Waals surface area contributed by atoms with Crippen molar-refractivity contribution in [2.24, 2.45) is 5.16 Å². The van der Waals surface area contributed by atoms with Gasteiger partial charge in [-0.05, 0) is 55.2 Å². The molecular formula is C21H21Cl4NO3. The number of hydrogen-bond acceptors (Lipinski definition) is 4. The molecule has 29 heavy (non-hydrogen) atoms. The average Bonchev–Trinajstić information content (AvgIpc) is 2.66. The number of ether oxygens (including phenoxy) is 2. The van der Waals surface area contributed by atoms with Gasteiger partial charge in [0, 0.05) is 11.1 Å². The fourth-order valence-electron chi connectivity index (χ4n) is 2.31. The molecule has 0 radical (unpaired) electrons. The maximum absolute atomic E-state index is 6.30. The van der Waals surface area contributed by atoms with Crippen molar-refractivity contribution in [3.8, 4) is 11.5 Å². The standard InChI is InChI=1S/C21H21Cl4NO3/c1-15-12-18(27-11-8-20(24)25)13-19(23)21(15)28-9-2-3-10-29-26-14-16-4-6-17(22)7-5-16/h4-8,12-14H,2-3,9-11H2,1H3. The summed E-state index contributed by atoms with van der Waals surface area (Å²) in [6.45, 7) is 3.20. The van der Waals surface area contributed by atoms with E-state index in [1.807, 2.05) is 25.1 Å². The summed E-state index contributed by atoms with van der Waals surface area (Å²) in [7, 11) is 0. The van der Waals surface area contributed by atoms with E-state index < -0.39 is 0 Å². The SMILES string of the molecule is Cc1cc(OCC=C(Cl)Cl)cc(Cl)c1OCCCCON=Cc1ccc(Cl)cc1. The molecule has 0 fully saturated rings. The highest BCUT2D eigenvalue weighted by molar-refractivity contribution is 6.55. The van der Waals surface area contributed by atoms with Gasteiger partial charge in [-0.15, -0.1) is 0 Å². The summed E-state index contributed by atoms with van der Waals surface area (Å²) in [6, 6.07) is 10.9. The van der Waals surface area contributed by atoms with E-state index in [9.17, 15) is 0 Å². The van der Waals surface area contributed by atoms with Gasteiger partial charge in [-0.3, -0.25) is 0 Å². The Kier molecular flexibility index (Phi) is 10.5. The van der Waals surface area contributed by atoms with E-state index in [4.69, 9.17) is 60.7 Å². The van der Waals surface area contributed by atoms with E-state index in [0.717, 1.165) is 24.0 Å². The Labute approximate surface area is 190 Å². The molecule has 4 nitrogen and oxygen atoms in total. The molecule has 0 N–H and O–H groups in total. The second kappa shape index (κ2) is 12.9. The highest BCUT2D eigenvalue weighted by Crippen LogP contribution is 2.33. The number of unbranched alkanes of at least 4 members (excludes halogenated alkanes) is 1. The Hall–Kier alpha value is -1.59. The van der Waals surface area contributed by atoms with Gasteiger partial charge in [0.1, 0.15) is 29.2 Å². The molecule has 0 aliphatic rings. The Balaban J connectivity index is 1.68. The third-order valence-electron chi connectivity index (χ3n) is 3.71. The normalized spacial score (nSPS) is 10.8. The van der Waals surface area contributed by atoms with Crippen LogP contribution < -0.4 is 9.47 Å². The van der Waals surface area contributed by atoms with Crippen molar-refractivity contribution in [1.29, 1.82) is 0 Å². The largest absolute Gasteiger partial charge is 0.492 e. The molecule has 2 aromatic carbocycles. The van der Waals surface area contributed by atoms with Crippen molar-refractivity contribution >= 4 is 52.6 Å². The zero-order chi connectivity index (χ0) is 21.1. The molecule has 0 heterocycles. The predicted octanol–water partition coefficient (Wildman–Crippen LogP) is 7.21. The molecule has 8 heteroatoms. The van der Waals surface area contributed by atoms with E-state index in [0.29, 0.717) is 34.8 Å². The highest BCUT2D eigenvalue weighted by Gasteiger charge is 2.09. The second-order valence-electron chi connectivity index (χ2n) is 6.03. The summed E-state index contributed by atoms with van der Waals surface area (Å²) in [5.74, 6) is 1.27. The van der Waals surface area contributed by atoms with Crippen LogP contribution in [0, 0.1) is 6.92 Å². The van der Waals surface area contributed by atoms with Gasteiger partial charge in [-0.1, -0.05) is 63.7 Å². The van der Waals surface area contributed by atoms with Gasteiger partial charge in [0.05, 0.1) is 17.8 Å². The molecule has 0 aliphatic carbocycles. The summed E-state index contributed by atoms with van der Waals surface area (Å²) in [4.78, 5) is 5.25. The first-order chi connectivity index (χ1) is 14.0. The van der Waals surface area contributed by atoms with E-state index in [1.54, 1.807) is 30.5 Å². The summed E-state index contributed by atoms with van der Waals surface area (Å²) in [6.07, 6.45) is 4.82. The lowest BCUT2D eigenvalue weighted by Crippen LogP contribution is -2.02. The molecule has 156 valence electrons. The minimum absolute atomic E-state index is 0.160. The highest BCUT2D eigenvalue weighted by atomic mass is 35.5. The molecule has 0 saturated carbocycles. The zero-order valence-electron chi connectivity index (χ0n) is 15.8. The van der Waals surface area contributed by atoms with Crippen LogP contribution in [0.5, 0.6) is 11.5 Å². The second-order valence-corrected chi connectivity index (χ2v) is 7.88. The molecule has 0 unspecified atom stereocenters. The molecule has 0 bridgehead atoms. The van der Waals surface area contributed by atoms with Gasteiger partial charge in [0.15, 0.2) is 0 Å². The molecule has 0 saturated heterocycles. The van der Waals surface area contributed by atoms with Crippen LogP contribution in [0.25, 0.3) is 0 Å². The molecule has 2 aromatic rings. The van der Waals surface area contributed by atoms with Crippen molar-refractivity contribution in [1.82, 2.24) is 0 Å². The van der Waals surface area contributed by atoms with Crippen LogP contribution in [0.3, 0.4) is 0 Å². The fraction of sp³-hybridized carbons (Fsp3) is 0.286. The van der Waals surface area contributed by atoms with Crippen molar-refractivity contribution in [2.45, 2.75) is 19.8 Å². The topological polar surface area (TPSA) is 40.0 Å². The Morgan fingerprint density at radius 1 is 1.00 bits per heavy atom. The Bertz CT molecular complexity index is 811. The number of aryl methyl sites for hydroxylation is 1. The van der Waals surface area contributed by atoms with E-state index >= 15 is 0 Å². The maximum atomic E-state index is 6.30. The van der Waals surface area contributed by atoms with Crippen LogP contribution in [0.1, 0.15) is 24.0 Å². The monoisotopic (exact) mass is 475 g/mol. The minimum Gasteiger partial charge on any atom is -0.492 e. The molecule has 0 spiro atoms. The van der Waals surface area contributed by atoms with Crippen molar-refractivity contribution in [3.05, 3.63) is 68.1 Å². The summed E-state index contributed by atoms with van der Waals surface area (Å²) in [5.41, 5.74) is 1.81. The molecule has 0 aromatic heterocycles. The number of oxime groups is 1. The quantitative estimate of drug-likeness (QED) is 0.195. The molecule has 0 amide bonds. The number of hydrogen-bond donors (Lipinski definition) is 0. The first kappa shape index (κ1) is 23.7. The minimum atomic E-state index is 0.160. The van der Waals surface area contributed by atoms with Gasteiger partial charge < -0.3 is 14.3 Å². The Morgan fingerprint density at radius 3 is 2.41 bits per heavy atom. The van der Waals surface area contributed by atoms with Gasteiger partial charge >= 0.3 is 0 Å². The van der Waals surface area contributed by atoms with Crippen LogP contribution in [0.15, 0.2) is 52.1 Å². The van der Waals surface area contributed by atoms with Crippen molar-refractivity contribution in [3.63, 3.8) is 0 Å². The van der Waals surface area contributed by atoms with Crippen molar-refractivity contribution in [2.75, 3.05) is 19.8 Å². The van der Waals surface area contributed by atoms with Crippen molar-refractivity contribution < 1.29 is 14.3 Å². The lowest BCUT2D eigenvalue weighted by atomic mass is 10.2. The van der Waals surface area contributed by atoms with E-state index in [1.165, 1.54) is 0 Å². The molecule has 0 aliphatic heterocycles. The smallest absolute Gasteiger partial charge is 0.141 e. The zero-order valence-corrected chi connectivity index (χ0v) is 18.9. The molecular weight excluding hydrogens is 456 g/mol. The summed E-state index contributed by atoms with van der Waals surface area (Å²) in [5, 5.41) is 5.12. The third kappa shape index (κ3) is 9.18. The number of rotatable bonds is 11. The molecule has 2 rings (SSSR count). The fourth-order valence-corrected chi connectivity index (χ4v) is 2.87. The van der Waals surface area contributed by atoms with Crippen LogP contribution in [-0.4, -0.2) is 26.0 Å². The van der Waals surface area contributed by atoms with E-state index in [-0.39, 0.29) is 11.1 Å². The van der Waals surface area contributed by atoms with Gasteiger partial charge in [0.25, 0.3) is 0 Å².